The van der Waals surface area contributed by atoms with E-state index in [-0.39, 0.29) is 5.75 Å². The number of rotatable bonds is 7. The number of ether oxygens (including phenoxy) is 2. The van der Waals surface area contributed by atoms with Crippen LogP contribution in [0, 0.1) is 0 Å². The monoisotopic (exact) mass is 306 g/mol. The van der Waals surface area contributed by atoms with Gasteiger partial charge in [-0.2, -0.15) is 0 Å². The molecule has 1 rings (SSSR count). The summed E-state index contributed by atoms with van der Waals surface area (Å²) in [5, 5.41) is 5.04. The number of amides is 2. The number of carbonyl (C=O) groups excluding carboxylic acids is 1. The third-order valence-corrected chi connectivity index (χ3v) is 2.23. The molecule has 0 aliphatic carbocycles. The van der Waals surface area contributed by atoms with Gasteiger partial charge >= 0.3 is 12.4 Å². The fraction of sp³-hybridized carbons (Fsp3) is 0.462. The molecule has 5 nitrogen and oxygen atoms in total. The van der Waals surface area contributed by atoms with E-state index in [0.29, 0.717) is 25.4 Å². The molecule has 0 spiro atoms. The Hall–Kier alpha value is -1.96. The number of halogens is 3. The summed E-state index contributed by atoms with van der Waals surface area (Å²) in [6.45, 7) is 3.36. The van der Waals surface area contributed by atoms with Crippen LogP contribution in [0.5, 0.6) is 5.75 Å². The molecule has 1 aromatic carbocycles. The lowest BCUT2D eigenvalue weighted by Crippen LogP contribution is -2.31. The number of hydrogen-bond donors (Lipinski definition) is 2. The first-order chi connectivity index (χ1) is 9.90. The molecule has 2 amide bonds. The van der Waals surface area contributed by atoms with Crippen molar-refractivity contribution in [3.8, 4) is 5.75 Å². The molecule has 21 heavy (non-hydrogen) atoms. The Balaban J connectivity index is 2.33. The fourth-order valence-corrected chi connectivity index (χ4v) is 1.40. The van der Waals surface area contributed by atoms with Crippen molar-refractivity contribution in [3.05, 3.63) is 24.3 Å². The summed E-state index contributed by atoms with van der Waals surface area (Å²) in [4.78, 5) is 11.5. The Morgan fingerprint density at radius 3 is 2.43 bits per heavy atom. The average Bonchev–Trinajstić information content (AvgIpc) is 2.39. The van der Waals surface area contributed by atoms with E-state index in [2.05, 4.69) is 15.4 Å². The Morgan fingerprint density at radius 1 is 1.19 bits per heavy atom. The summed E-state index contributed by atoms with van der Waals surface area (Å²) in [6, 6.07) is 4.41. The first-order valence-electron chi connectivity index (χ1n) is 6.39. The van der Waals surface area contributed by atoms with E-state index in [4.69, 9.17) is 4.74 Å². The minimum absolute atomic E-state index is 0.346. The van der Waals surface area contributed by atoms with Gasteiger partial charge in [0.25, 0.3) is 0 Å². The molecule has 0 unspecified atom stereocenters. The zero-order chi connectivity index (χ0) is 15.7. The van der Waals surface area contributed by atoms with Crippen LogP contribution < -0.4 is 15.4 Å². The van der Waals surface area contributed by atoms with Crippen molar-refractivity contribution in [1.82, 2.24) is 5.32 Å². The standard InChI is InChI=1S/C13H17F3N2O3/c1-2-8-20-9-7-17-12(19)18-10-3-5-11(6-4-10)21-13(14,15)16/h3-6H,2,7-9H2,1H3,(H2,17,18,19). The number of anilines is 1. The molecule has 1 aromatic rings. The van der Waals surface area contributed by atoms with E-state index in [1.54, 1.807) is 0 Å². The van der Waals surface area contributed by atoms with Crippen LogP contribution >= 0.6 is 0 Å². The molecule has 0 atom stereocenters. The van der Waals surface area contributed by atoms with Crippen molar-refractivity contribution in [1.29, 1.82) is 0 Å². The van der Waals surface area contributed by atoms with Crippen LogP contribution in [0.25, 0.3) is 0 Å². The molecule has 2 N–H and O–H groups in total. The number of carbonyl (C=O) groups is 1. The highest BCUT2D eigenvalue weighted by molar-refractivity contribution is 5.89. The predicted molar refractivity (Wildman–Crippen MR) is 71.3 cm³/mol. The molecule has 0 fully saturated rings. The van der Waals surface area contributed by atoms with E-state index < -0.39 is 12.4 Å². The third kappa shape index (κ3) is 8.03. The lowest BCUT2D eigenvalue weighted by molar-refractivity contribution is -0.274. The molecule has 0 aliphatic heterocycles. The number of benzene rings is 1. The van der Waals surface area contributed by atoms with Crippen LogP contribution in [0.15, 0.2) is 24.3 Å². The molecule has 0 heterocycles. The van der Waals surface area contributed by atoms with Gasteiger partial charge in [0.05, 0.1) is 6.61 Å². The summed E-state index contributed by atoms with van der Waals surface area (Å²) in [7, 11) is 0. The summed E-state index contributed by atoms with van der Waals surface area (Å²) in [5.74, 6) is -0.346. The Kier molecular flexibility index (Phi) is 6.80. The summed E-state index contributed by atoms with van der Waals surface area (Å²) in [6.07, 6.45) is -3.83. The van der Waals surface area contributed by atoms with Gasteiger partial charge in [-0.1, -0.05) is 6.92 Å². The highest BCUT2D eigenvalue weighted by Crippen LogP contribution is 2.23. The zero-order valence-electron chi connectivity index (χ0n) is 11.5. The quantitative estimate of drug-likeness (QED) is 0.761. The highest BCUT2D eigenvalue weighted by atomic mass is 19.4. The highest BCUT2D eigenvalue weighted by Gasteiger charge is 2.30. The van der Waals surface area contributed by atoms with Crippen LogP contribution in [-0.4, -0.2) is 32.2 Å². The summed E-state index contributed by atoms with van der Waals surface area (Å²) >= 11 is 0. The second-order valence-electron chi connectivity index (χ2n) is 4.07. The van der Waals surface area contributed by atoms with Gasteiger partial charge < -0.3 is 20.1 Å². The van der Waals surface area contributed by atoms with Crippen molar-refractivity contribution in [3.63, 3.8) is 0 Å². The van der Waals surface area contributed by atoms with E-state index in [1.807, 2.05) is 6.92 Å². The van der Waals surface area contributed by atoms with Crippen LogP contribution in [0.1, 0.15) is 13.3 Å². The smallest absolute Gasteiger partial charge is 0.406 e. The topological polar surface area (TPSA) is 59.6 Å². The van der Waals surface area contributed by atoms with Gasteiger partial charge in [0.1, 0.15) is 5.75 Å². The van der Waals surface area contributed by atoms with Gasteiger partial charge in [-0.3, -0.25) is 0 Å². The van der Waals surface area contributed by atoms with E-state index in [9.17, 15) is 18.0 Å². The van der Waals surface area contributed by atoms with Gasteiger partial charge in [0, 0.05) is 18.8 Å². The lowest BCUT2D eigenvalue weighted by Gasteiger charge is -2.10. The third-order valence-electron chi connectivity index (χ3n) is 2.23. The largest absolute Gasteiger partial charge is 0.573 e. The molecule has 0 aromatic heterocycles. The Bertz CT molecular complexity index is 435. The minimum atomic E-state index is -4.73. The van der Waals surface area contributed by atoms with Gasteiger partial charge in [0.15, 0.2) is 0 Å². The van der Waals surface area contributed by atoms with E-state index >= 15 is 0 Å². The number of nitrogens with one attached hydrogen (secondary N) is 2. The zero-order valence-corrected chi connectivity index (χ0v) is 11.5. The van der Waals surface area contributed by atoms with Crippen molar-refractivity contribution in [2.45, 2.75) is 19.7 Å². The normalized spacial score (nSPS) is 11.0. The first-order valence-corrected chi connectivity index (χ1v) is 6.39. The van der Waals surface area contributed by atoms with Crippen molar-refractivity contribution in [2.24, 2.45) is 0 Å². The maximum absolute atomic E-state index is 12.0. The van der Waals surface area contributed by atoms with Crippen molar-refractivity contribution < 1.29 is 27.4 Å². The molecule has 8 heteroatoms. The number of alkyl halides is 3. The minimum Gasteiger partial charge on any atom is -0.406 e. The van der Waals surface area contributed by atoms with Crippen LogP contribution in [-0.2, 0) is 4.74 Å². The van der Waals surface area contributed by atoms with Gasteiger partial charge in [-0.05, 0) is 30.7 Å². The van der Waals surface area contributed by atoms with Crippen LogP contribution in [0.3, 0.4) is 0 Å². The summed E-state index contributed by atoms with van der Waals surface area (Å²) < 4.78 is 44.8. The Morgan fingerprint density at radius 2 is 1.86 bits per heavy atom. The number of urea groups is 1. The van der Waals surface area contributed by atoms with Crippen molar-refractivity contribution >= 4 is 11.7 Å². The molecule has 0 bridgehead atoms. The molecule has 118 valence electrons. The molecule has 0 aliphatic rings. The average molecular weight is 306 g/mol. The summed E-state index contributed by atoms with van der Waals surface area (Å²) in [5.41, 5.74) is 0.358. The second kappa shape index (κ2) is 8.35. The lowest BCUT2D eigenvalue weighted by atomic mass is 10.3. The van der Waals surface area contributed by atoms with Crippen LogP contribution in [0.4, 0.5) is 23.7 Å². The maximum Gasteiger partial charge on any atom is 0.573 e. The second-order valence-corrected chi connectivity index (χ2v) is 4.07. The van der Waals surface area contributed by atoms with Gasteiger partial charge in [0.2, 0.25) is 0 Å². The van der Waals surface area contributed by atoms with E-state index in [1.165, 1.54) is 12.1 Å². The van der Waals surface area contributed by atoms with Crippen LogP contribution in [0.2, 0.25) is 0 Å². The first kappa shape index (κ1) is 17.1. The molecule has 0 radical (unpaired) electrons. The van der Waals surface area contributed by atoms with Gasteiger partial charge in [-0.25, -0.2) is 4.79 Å². The number of hydrogen-bond acceptors (Lipinski definition) is 3. The molecule has 0 saturated carbocycles. The molecule has 0 saturated heterocycles. The molecular weight excluding hydrogens is 289 g/mol. The maximum atomic E-state index is 12.0. The molecular formula is C13H17F3N2O3. The SMILES string of the molecule is CCCOCCNC(=O)Nc1ccc(OC(F)(F)F)cc1. The van der Waals surface area contributed by atoms with E-state index in [0.717, 1.165) is 18.6 Å². The Labute approximate surface area is 120 Å². The van der Waals surface area contributed by atoms with Crippen molar-refractivity contribution in [2.75, 3.05) is 25.1 Å². The predicted octanol–water partition coefficient (Wildman–Crippen LogP) is 3.13. The van der Waals surface area contributed by atoms with Gasteiger partial charge in [-0.15, -0.1) is 13.2 Å². The fourth-order valence-electron chi connectivity index (χ4n) is 1.40.